The van der Waals surface area contributed by atoms with Crippen molar-refractivity contribution in [3.8, 4) is 11.5 Å². The molecule has 0 aliphatic rings. The van der Waals surface area contributed by atoms with E-state index in [1.807, 2.05) is 26.8 Å². The zero-order valence-corrected chi connectivity index (χ0v) is 12.6. The van der Waals surface area contributed by atoms with Gasteiger partial charge in [-0.15, -0.1) is 0 Å². The van der Waals surface area contributed by atoms with Crippen LogP contribution in [0.25, 0.3) is 0 Å². The number of methoxy groups -OCH3 is 2. The summed E-state index contributed by atoms with van der Waals surface area (Å²) in [6.45, 7) is 6.04. The summed E-state index contributed by atoms with van der Waals surface area (Å²) in [4.78, 5) is 0. The van der Waals surface area contributed by atoms with Crippen molar-refractivity contribution >= 4 is 0 Å². The zero-order chi connectivity index (χ0) is 14.6. The lowest BCUT2D eigenvalue weighted by Crippen LogP contribution is -2.19. The van der Waals surface area contributed by atoms with Gasteiger partial charge >= 0.3 is 0 Å². The van der Waals surface area contributed by atoms with Crippen LogP contribution < -0.4 is 20.9 Å². The fourth-order valence-corrected chi connectivity index (χ4v) is 2.24. The van der Waals surface area contributed by atoms with Crippen LogP contribution in [0, 0.1) is 13.8 Å². The first-order valence-corrected chi connectivity index (χ1v) is 6.65. The van der Waals surface area contributed by atoms with E-state index in [-0.39, 0.29) is 12.1 Å². The van der Waals surface area contributed by atoms with Crippen molar-refractivity contribution in [2.75, 3.05) is 14.2 Å². The fraction of sp³-hybridized carbons (Fsp3) is 0.600. The lowest BCUT2D eigenvalue weighted by molar-refractivity contribution is 0.387. The predicted octanol–water partition coefficient (Wildman–Crippen LogP) is 2.45. The smallest absolute Gasteiger partial charge is 0.127 e. The summed E-state index contributed by atoms with van der Waals surface area (Å²) in [5, 5.41) is 0. The minimum Gasteiger partial charge on any atom is -0.496 e. The van der Waals surface area contributed by atoms with E-state index in [2.05, 4.69) is 0 Å². The second-order valence-corrected chi connectivity index (χ2v) is 5.11. The normalized spacial score (nSPS) is 14.1. The van der Waals surface area contributed by atoms with Gasteiger partial charge in [-0.25, -0.2) is 0 Å². The fourth-order valence-electron chi connectivity index (χ4n) is 2.24. The highest BCUT2D eigenvalue weighted by Crippen LogP contribution is 2.37. The van der Waals surface area contributed by atoms with Crippen molar-refractivity contribution in [2.45, 2.75) is 45.7 Å². The van der Waals surface area contributed by atoms with Crippen molar-refractivity contribution in [2.24, 2.45) is 11.5 Å². The Labute approximate surface area is 116 Å². The van der Waals surface area contributed by atoms with Crippen LogP contribution in [0.4, 0.5) is 0 Å². The van der Waals surface area contributed by atoms with Gasteiger partial charge in [0.15, 0.2) is 0 Å². The van der Waals surface area contributed by atoms with E-state index in [1.165, 1.54) is 0 Å². The van der Waals surface area contributed by atoms with Crippen LogP contribution in [0.5, 0.6) is 11.5 Å². The second-order valence-electron chi connectivity index (χ2n) is 5.11. The zero-order valence-electron chi connectivity index (χ0n) is 12.6. The summed E-state index contributed by atoms with van der Waals surface area (Å²) in [6.07, 6.45) is 1.72. The third-order valence-electron chi connectivity index (χ3n) is 3.58. The Balaban J connectivity index is 3.14. The van der Waals surface area contributed by atoms with Crippen LogP contribution in [-0.2, 0) is 0 Å². The summed E-state index contributed by atoms with van der Waals surface area (Å²) < 4.78 is 10.9. The highest BCUT2D eigenvalue weighted by Gasteiger charge is 2.18. The molecule has 108 valence electrons. The SMILES string of the molecule is COc1cc(C(N)CCC(C)N)c(OC)c(C)c1C. The standard InChI is InChI=1S/C15H26N2O2/c1-9(16)6-7-13(17)12-8-14(18-4)10(2)11(3)15(12)19-5/h8-9,13H,6-7,16-17H2,1-5H3. The third kappa shape index (κ3) is 3.61. The van der Waals surface area contributed by atoms with Gasteiger partial charge in [0.1, 0.15) is 11.5 Å². The number of hydrogen-bond acceptors (Lipinski definition) is 4. The van der Waals surface area contributed by atoms with Gasteiger partial charge in [0.25, 0.3) is 0 Å². The first kappa shape index (κ1) is 15.8. The Morgan fingerprint density at radius 1 is 1.05 bits per heavy atom. The van der Waals surface area contributed by atoms with Gasteiger partial charge < -0.3 is 20.9 Å². The van der Waals surface area contributed by atoms with Gasteiger partial charge in [0.2, 0.25) is 0 Å². The highest BCUT2D eigenvalue weighted by molar-refractivity contribution is 5.53. The molecule has 19 heavy (non-hydrogen) atoms. The average molecular weight is 266 g/mol. The summed E-state index contributed by atoms with van der Waals surface area (Å²) >= 11 is 0. The Bertz CT molecular complexity index is 431. The van der Waals surface area contributed by atoms with Gasteiger partial charge in [-0.3, -0.25) is 0 Å². The highest BCUT2D eigenvalue weighted by atomic mass is 16.5. The molecule has 0 aromatic heterocycles. The van der Waals surface area contributed by atoms with E-state index < -0.39 is 0 Å². The van der Waals surface area contributed by atoms with Gasteiger partial charge in [-0.2, -0.15) is 0 Å². The summed E-state index contributed by atoms with van der Waals surface area (Å²) in [5.41, 5.74) is 15.2. The first-order valence-electron chi connectivity index (χ1n) is 6.65. The van der Waals surface area contributed by atoms with Gasteiger partial charge in [-0.1, -0.05) is 0 Å². The minimum atomic E-state index is -0.0888. The molecule has 1 rings (SSSR count). The van der Waals surface area contributed by atoms with E-state index in [4.69, 9.17) is 20.9 Å². The molecule has 0 saturated carbocycles. The van der Waals surface area contributed by atoms with Gasteiger partial charge in [0.05, 0.1) is 14.2 Å². The Hall–Kier alpha value is -1.26. The Morgan fingerprint density at radius 2 is 1.68 bits per heavy atom. The molecule has 0 spiro atoms. The molecule has 0 fully saturated rings. The van der Waals surface area contributed by atoms with Crippen molar-refractivity contribution < 1.29 is 9.47 Å². The molecule has 4 heteroatoms. The average Bonchev–Trinajstić information content (AvgIpc) is 2.38. The Kier molecular flexibility index (Phi) is 5.63. The third-order valence-corrected chi connectivity index (χ3v) is 3.58. The number of ether oxygens (including phenoxy) is 2. The van der Waals surface area contributed by atoms with Crippen molar-refractivity contribution in [1.29, 1.82) is 0 Å². The molecule has 0 amide bonds. The van der Waals surface area contributed by atoms with E-state index in [0.717, 1.165) is 41.0 Å². The van der Waals surface area contributed by atoms with Crippen molar-refractivity contribution in [3.63, 3.8) is 0 Å². The molecule has 4 nitrogen and oxygen atoms in total. The number of hydrogen-bond donors (Lipinski definition) is 2. The molecule has 0 radical (unpaired) electrons. The number of benzene rings is 1. The molecule has 2 atom stereocenters. The van der Waals surface area contributed by atoms with E-state index in [1.54, 1.807) is 14.2 Å². The lowest BCUT2D eigenvalue weighted by Gasteiger charge is -2.21. The molecule has 1 aromatic rings. The molecule has 0 saturated heterocycles. The van der Waals surface area contributed by atoms with Crippen LogP contribution in [0.2, 0.25) is 0 Å². The largest absolute Gasteiger partial charge is 0.496 e. The van der Waals surface area contributed by atoms with Crippen molar-refractivity contribution in [3.05, 3.63) is 22.8 Å². The summed E-state index contributed by atoms with van der Waals surface area (Å²) in [7, 11) is 3.35. The Morgan fingerprint density at radius 3 is 2.16 bits per heavy atom. The van der Waals surface area contributed by atoms with E-state index >= 15 is 0 Å². The van der Waals surface area contributed by atoms with Crippen LogP contribution in [0.3, 0.4) is 0 Å². The lowest BCUT2D eigenvalue weighted by atomic mass is 9.95. The molecular weight excluding hydrogens is 240 g/mol. The molecule has 1 aromatic carbocycles. The van der Waals surface area contributed by atoms with Gasteiger partial charge in [-0.05, 0) is 50.8 Å². The molecule has 0 aliphatic heterocycles. The quantitative estimate of drug-likeness (QED) is 0.829. The molecule has 4 N–H and O–H groups in total. The summed E-state index contributed by atoms with van der Waals surface area (Å²) in [6, 6.07) is 2.05. The number of nitrogens with two attached hydrogens (primary N) is 2. The molecule has 0 aliphatic carbocycles. The van der Waals surface area contributed by atoms with Crippen LogP contribution in [0.15, 0.2) is 6.07 Å². The van der Waals surface area contributed by atoms with Crippen LogP contribution in [0.1, 0.15) is 42.5 Å². The van der Waals surface area contributed by atoms with Gasteiger partial charge in [0, 0.05) is 17.6 Å². The minimum absolute atomic E-state index is 0.0888. The monoisotopic (exact) mass is 266 g/mol. The van der Waals surface area contributed by atoms with Crippen molar-refractivity contribution in [1.82, 2.24) is 0 Å². The molecular formula is C15H26N2O2. The van der Waals surface area contributed by atoms with Crippen LogP contribution >= 0.6 is 0 Å². The maximum atomic E-state index is 6.27. The first-order chi connectivity index (χ1) is 8.92. The maximum Gasteiger partial charge on any atom is 0.127 e. The van der Waals surface area contributed by atoms with E-state index in [9.17, 15) is 0 Å². The van der Waals surface area contributed by atoms with Crippen LogP contribution in [-0.4, -0.2) is 20.3 Å². The molecule has 0 bridgehead atoms. The maximum absolute atomic E-state index is 6.27. The summed E-state index contributed by atoms with van der Waals surface area (Å²) in [5.74, 6) is 1.71. The number of rotatable bonds is 6. The topological polar surface area (TPSA) is 70.5 Å². The predicted molar refractivity (Wildman–Crippen MR) is 78.8 cm³/mol. The molecule has 2 unspecified atom stereocenters. The molecule has 0 heterocycles. The second kappa shape index (κ2) is 6.78. The van der Waals surface area contributed by atoms with E-state index in [0.29, 0.717) is 0 Å².